The predicted octanol–water partition coefficient (Wildman–Crippen LogP) is 2.98. The first-order chi connectivity index (χ1) is 13.9. The van der Waals surface area contributed by atoms with Gasteiger partial charge in [0.05, 0.1) is 17.4 Å². The Labute approximate surface area is 173 Å². The lowest BCUT2D eigenvalue weighted by molar-refractivity contribution is -0.0764. The van der Waals surface area contributed by atoms with E-state index in [2.05, 4.69) is 46.5 Å². The largest absolute Gasteiger partial charge is 0.370 e. The van der Waals surface area contributed by atoms with Crippen molar-refractivity contribution in [1.82, 2.24) is 20.0 Å². The van der Waals surface area contributed by atoms with Crippen LogP contribution in [-0.2, 0) is 18.3 Å². The third-order valence-corrected chi connectivity index (χ3v) is 6.49. The first kappa shape index (κ1) is 20.1. The van der Waals surface area contributed by atoms with Gasteiger partial charge in [0.25, 0.3) is 5.91 Å². The summed E-state index contributed by atoms with van der Waals surface area (Å²) in [5.74, 6) is -0.0781. The van der Waals surface area contributed by atoms with Crippen molar-refractivity contribution in [2.24, 2.45) is 7.05 Å². The number of ether oxygens (including phenoxy) is 1. The van der Waals surface area contributed by atoms with Gasteiger partial charge in [0, 0.05) is 33.2 Å². The van der Waals surface area contributed by atoms with Gasteiger partial charge in [-0.15, -0.1) is 0 Å². The standard InChI is InChI=1S/C23H32N4O2/c1-17-6-4-5-7-19(17)16-27-12-10-23(11-13-27)9-8-20(29-23)15-24-22(28)21-14-18(2)25-26(21)3/h4-7,14,20H,8-13,15-16H2,1-3H3,(H,24,28). The second-order valence-corrected chi connectivity index (χ2v) is 8.67. The molecule has 0 saturated carbocycles. The SMILES string of the molecule is Cc1cc(C(=O)NCC2CCC3(CCN(Cc4ccccc4C)CC3)O2)n(C)n1. The van der Waals surface area contributed by atoms with Crippen molar-refractivity contribution in [1.29, 1.82) is 0 Å². The Kier molecular flexibility index (Phi) is 5.74. The monoisotopic (exact) mass is 396 g/mol. The minimum atomic E-state index is -0.0781. The molecule has 1 atom stereocenters. The highest BCUT2D eigenvalue weighted by molar-refractivity contribution is 5.92. The van der Waals surface area contributed by atoms with Crippen LogP contribution in [0.2, 0.25) is 0 Å². The Bertz CT molecular complexity index is 868. The average molecular weight is 397 g/mol. The first-order valence-corrected chi connectivity index (χ1v) is 10.7. The fourth-order valence-corrected chi connectivity index (χ4v) is 4.67. The van der Waals surface area contributed by atoms with Gasteiger partial charge >= 0.3 is 0 Å². The van der Waals surface area contributed by atoms with Crippen molar-refractivity contribution in [2.75, 3.05) is 19.6 Å². The summed E-state index contributed by atoms with van der Waals surface area (Å²) >= 11 is 0. The van der Waals surface area contributed by atoms with E-state index in [1.807, 2.05) is 13.0 Å². The van der Waals surface area contributed by atoms with Gasteiger partial charge in [-0.25, -0.2) is 0 Å². The Balaban J connectivity index is 1.25. The maximum Gasteiger partial charge on any atom is 0.269 e. The van der Waals surface area contributed by atoms with Crippen molar-refractivity contribution in [3.63, 3.8) is 0 Å². The summed E-state index contributed by atoms with van der Waals surface area (Å²) in [6.07, 6.45) is 4.37. The van der Waals surface area contributed by atoms with Crippen LogP contribution < -0.4 is 5.32 Å². The first-order valence-electron chi connectivity index (χ1n) is 10.7. The maximum absolute atomic E-state index is 12.4. The molecule has 1 unspecified atom stereocenters. The molecular weight excluding hydrogens is 364 g/mol. The smallest absolute Gasteiger partial charge is 0.269 e. The van der Waals surface area contributed by atoms with Gasteiger partial charge in [0.1, 0.15) is 5.69 Å². The van der Waals surface area contributed by atoms with E-state index in [9.17, 15) is 4.79 Å². The number of carbonyl (C=O) groups is 1. The minimum absolute atomic E-state index is 0.000738. The Morgan fingerprint density at radius 2 is 2.00 bits per heavy atom. The van der Waals surface area contributed by atoms with E-state index < -0.39 is 0 Å². The zero-order valence-corrected chi connectivity index (χ0v) is 17.8. The fraction of sp³-hybridized carbons (Fsp3) is 0.565. The highest BCUT2D eigenvalue weighted by Gasteiger charge is 2.42. The van der Waals surface area contributed by atoms with E-state index in [0.717, 1.165) is 51.0 Å². The number of nitrogens with zero attached hydrogens (tertiary/aromatic N) is 3. The van der Waals surface area contributed by atoms with Crippen molar-refractivity contribution in [3.8, 4) is 0 Å². The molecule has 0 radical (unpaired) electrons. The number of likely N-dealkylation sites (tertiary alicyclic amines) is 1. The van der Waals surface area contributed by atoms with E-state index in [1.165, 1.54) is 11.1 Å². The molecule has 2 aromatic rings. The van der Waals surface area contributed by atoms with Crippen LogP contribution in [0.3, 0.4) is 0 Å². The van der Waals surface area contributed by atoms with E-state index in [-0.39, 0.29) is 17.6 Å². The summed E-state index contributed by atoms with van der Waals surface area (Å²) < 4.78 is 8.10. The number of aryl methyl sites for hydroxylation is 3. The van der Waals surface area contributed by atoms with E-state index in [1.54, 1.807) is 11.7 Å². The molecule has 1 amide bonds. The van der Waals surface area contributed by atoms with Crippen molar-refractivity contribution < 1.29 is 9.53 Å². The number of rotatable bonds is 5. The quantitative estimate of drug-likeness (QED) is 0.844. The number of carbonyl (C=O) groups excluding carboxylic acids is 1. The molecule has 6 nitrogen and oxygen atoms in total. The highest BCUT2D eigenvalue weighted by atomic mass is 16.5. The number of amides is 1. The number of nitrogens with one attached hydrogen (secondary N) is 1. The second kappa shape index (κ2) is 8.28. The van der Waals surface area contributed by atoms with Crippen LogP contribution in [0.25, 0.3) is 0 Å². The predicted molar refractivity (Wildman–Crippen MR) is 113 cm³/mol. The third kappa shape index (κ3) is 4.54. The molecule has 29 heavy (non-hydrogen) atoms. The number of benzene rings is 1. The molecule has 2 saturated heterocycles. The average Bonchev–Trinajstić information content (AvgIpc) is 3.26. The lowest BCUT2D eigenvalue weighted by atomic mass is 9.88. The topological polar surface area (TPSA) is 59.4 Å². The van der Waals surface area contributed by atoms with Crippen LogP contribution in [0, 0.1) is 13.8 Å². The molecule has 1 aromatic heterocycles. The summed E-state index contributed by atoms with van der Waals surface area (Å²) in [6.45, 7) is 7.81. The summed E-state index contributed by atoms with van der Waals surface area (Å²) in [4.78, 5) is 15.0. The summed E-state index contributed by atoms with van der Waals surface area (Å²) in [5.41, 5.74) is 4.23. The molecule has 1 aromatic carbocycles. The van der Waals surface area contributed by atoms with Crippen LogP contribution in [0.1, 0.15) is 53.0 Å². The minimum Gasteiger partial charge on any atom is -0.370 e. The van der Waals surface area contributed by atoms with E-state index in [0.29, 0.717) is 12.2 Å². The van der Waals surface area contributed by atoms with Crippen molar-refractivity contribution >= 4 is 5.91 Å². The molecular formula is C23H32N4O2. The lowest BCUT2D eigenvalue weighted by Gasteiger charge is -2.39. The Hall–Kier alpha value is -2.18. The van der Waals surface area contributed by atoms with Crippen LogP contribution in [0.4, 0.5) is 0 Å². The van der Waals surface area contributed by atoms with Crippen LogP contribution in [0.15, 0.2) is 30.3 Å². The molecule has 1 spiro atoms. The second-order valence-electron chi connectivity index (χ2n) is 8.67. The van der Waals surface area contributed by atoms with Crippen LogP contribution in [0.5, 0.6) is 0 Å². The van der Waals surface area contributed by atoms with Gasteiger partial charge in [0.2, 0.25) is 0 Å². The number of piperidine rings is 1. The summed E-state index contributed by atoms with van der Waals surface area (Å²) in [6, 6.07) is 10.5. The number of hydrogen-bond acceptors (Lipinski definition) is 4. The number of hydrogen-bond donors (Lipinski definition) is 1. The maximum atomic E-state index is 12.4. The van der Waals surface area contributed by atoms with Crippen molar-refractivity contribution in [3.05, 3.63) is 52.8 Å². The molecule has 2 aliphatic rings. The van der Waals surface area contributed by atoms with Crippen LogP contribution >= 0.6 is 0 Å². The molecule has 4 rings (SSSR count). The molecule has 156 valence electrons. The third-order valence-electron chi connectivity index (χ3n) is 6.49. The normalized spacial score (nSPS) is 21.6. The Morgan fingerprint density at radius 3 is 2.69 bits per heavy atom. The summed E-state index contributed by atoms with van der Waals surface area (Å²) in [5, 5.41) is 7.27. The molecule has 6 heteroatoms. The number of aromatic nitrogens is 2. The lowest BCUT2D eigenvalue weighted by Crippen LogP contribution is -2.45. The fourth-order valence-electron chi connectivity index (χ4n) is 4.67. The van der Waals surface area contributed by atoms with Gasteiger partial charge in [-0.1, -0.05) is 24.3 Å². The van der Waals surface area contributed by atoms with Gasteiger partial charge < -0.3 is 10.1 Å². The van der Waals surface area contributed by atoms with Gasteiger partial charge in [-0.3, -0.25) is 14.4 Å². The van der Waals surface area contributed by atoms with Crippen molar-refractivity contribution in [2.45, 2.75) is 57.8 Å². The van der Waals surface area contributed by atoms with Gasteiger partial charge in [0.15, 0.2) is 0 Å². The van der Waals surface area contributed by atoms with Gasteiger partial charge in [-0.05, 0) is 56.7 Å². The molecule has 1 N–H and O–H groups in total. The molecule has 2 aliphatic heterocycles. The summed E-state index contributed by atoms with van der Waals surface area (Å²) in [7, 11) is 1.80. The molecule has 0 bridgehead atoms. The molecule has 2 fully saturated rings. The highest BCUT2D eigenvalue weighted by Crippen LogP contribution is 2.39. The molecule has 0 aliphatic carbocycles. The van der Waals surface area contributed by atoms with Gasteiger partial charge in [-0.2, -0.15) is 5.10 Å². The zero-order valence-electron chi connectivity index (χ0n) is 17.8. The molecule has 3 heterocycles. The van der Waals surface area contributed by atoms with Crippen LogP contribution in [-0.4, -0.2) is 51.9 Å². The Morgan fingerprint density at radius 1 is 1.24 bits per heavy atom. The van der Waals surface area contributed by atoms with E-state index in [4.69, 9.17) is 4.74 Å². The zero-order chi connectivity index (χ0) is 20.4. The van der Waals surface area contributed by atoms with E-state index >= 15 is 0 Å².